The number of alkyl halides is 14. The lowest BCUT2D eigenvalue weighted by Gasteiger charge is -2.44. The second-order valence-electron chi connectivity index (χ2n) is 4.01. The molecule has 0 aromatic rings. The predicted molar refractivity (Wildman–Crippen MR) is 52.2 cm³/mol. The molecule has 1 nitrogen and oxygen atoms in total. The first-order valence-corrected chi connectivity index (χ1v) is 5.99. The minimum atomic E-state index is -6.75. The molecule has 140 valence electrons. The van der Waals surface area contributed by atoms with Gasteiger partial charge in [-0.05, 0) is 0 Å². The molecule has 0 spiro atoms. The van der Waals surface area contributed by atoms with Crippen molar-refractivity contribution in [2.24, 2.45) is 0 Å². The molecule has 0 heterocycles. The van der Waals surface area contributed by atoms with Crippen molar-refractivity contribution in [3.63, 3.8) is 0 Å². The largest absolute Gasteiger partial charge is 0.427 e. The monoisotopic (exact) mass is 414 g/mol. The smallest absolute Gasteiger partial charge is 0.332 e. The predicted octanol–water partition coefficient (Wildman–Crippen LogP) is 5.21. The number of halogens is 14. The first kappa shape index (κ1) is 22.7. The second kappa shape index (κ2) is 6.21. The van der Waals surface area contributed by atoms with Crippen LogP contribution in [0.25, 0.3) is 0 Å². The maximum atomic E-state index is 12.6. The molecule has 23 heavy (non-hydrogen) atoms. The van der Waals surface area contributed by atoms with Crippen molar-refractivity contribution in [3.8, 4) is 0 Å². The van der Waals surface area contributed by atoms with Gasteiger partial charge in [-0.2, -0.15) is 52.7 Å². The Morgan fingerprint density at radius 3 is 0.739 bits per heavy atom. The van der Waals surface area contributed by atoms with Gasteiger partial charge >= 0.3 is 24.7 Å². The maximum absolute atomic E-state index is 12.6. The normalized spacial score (nSPS) is 15.9. The van der Waals surface area contributed by atoms with Gasteiger partial charge in [0, 0.05) is 0 Å². The third-order valence-corrected chi connectivity index (χ3v) is 3.31. The quantitative estimate of drug-likeness (QED) is 0.453. The number of rotatable bonds is 4. The molecule has 0 N–H and O–H groups in total. The van der Waals surface area contributed by atoms with E-state index in [0.717, 1.165) is 0 Å². The van der Waals surface area contributed by atoms with E-state index in [9.17, 15) is 52.7 Å². The van der Waals surface area contributed by atoms with Crippen molar-refractivity contribution in [1.82, 2.24) is 0 Å². The van der Waals surface area contributed by atoms with Gasteiger partial charge in [-0.1, -0.05) is 0 Å². The summed E-state index contributed by atoms with van der Waals surface area (Å²) in [5, 5.41) is 0. The molecule has 0 aromatic carbocycles. The third kappa shape index (κ3) is 3.70. The standard InChI is InChI=1S/C8H4Cl2F12O/c9-1-3(5(11,12)13,6(14,15)16)23-4(2-10,7(17,18)19)8(20,21)22/h1-2H2. The summed E-state index contributed by atoms with van der Waals surface area (Å²) in [4.78, 5) is 0. The molecule has 0 rings (SSSR count). The highest BCUT2D eigenvalue weighted by atomic mass is 35.5. The molecule has 0 saturated carbocycles. The minimum Gasteiger partial charge on any atom is -0.332 e. The molecule has 0 unspecified atom stereocenters. The molecular weight excluding hydrogens is 411 g/mol. The molecular formula is C8H4Cl2F12O. The van der Waals surface area contributed by atoms with Crippen molar-refractivity contribution in [1.29, 1.82) is 0 Å². The number of ether oxygens (including phenoxy) is 1. The summed E-state index contributed by atoms with van der Waals surface area (Å²) in [5.74, 6) is -5.63. The zero-order chi connectivity index (χ0) is 19.1. The molecule has 0 amide bonds. The molecule has 15 heteroatoms. The Balaban J connectivity index is 6.56. The SMILES string of the molecule is FC(F)(F)C(CCl)(OC(CCl)(C(F)(F)F)C(F)(F)F)C(F)(F)F. The van der Waals surface area contributed by atoms with Gasteiger partial charge in [0.2, 0.25) is 0 Å². The minimum absolute atomic E-state index is 2.62. The van der Waals surface area contributed by atoms with Crippen LogP contribution in [0.3, 0.4) is 0 Å². The molecule has 0 aliphatic carbocycles. The lowest BCUT2D eigenvalue weighted by molar-refractivity contribution is -0.457. The van der Waals surface area contributed by atoms with Gasteiger partial charge in [-0.3, -0.25) is 0 Å². The van der Waals surface area contributed by atoms with E-state index in [1.807, 2.05) is 0 Å². The van der Waals surface area contributed by atoms with Crippen LogP contribution in [-0.4, -0.2) is 47.7 Å². The van der Waals surface area contributed by atoms with Crippen LogP contribution in [0, 0.1) is 0 Å². The summed E-state index contributed by atoms with van der Waals surface area (Å²) in [7, 11) is 0. The summed E-state index contributed by atoms with van der Waals surface area (Å²) in [6.45, 7) is 0. The Hall–Kier alpha value is -0.300. The van der Waals surface area contributed by atoms with E-state index in [1.54, 1.807) is 0 Å². The third-order valence-electron chi connectivity index (χ3n) is 2.56. The van der Waals surface area contributed by atoms with Crippen LogP contribution in [0.2, 0.25) is 0 Å². The van der Waals surface area contributed by atoms with Crippen LogP contribution >= 0.6 is 23.2 Å². The molecule has 0 fully saturated rings. The van der Waals surface area contributed by atoms with Crippen molar-refractivity contribution in [3.05, 3.63) is 0 Å². The zero-order valence-corrected chi connectivity index (χ0v) is 11.6. The van der Waals surface area contributed by atoms with Gasteiger partial charge in [-0.15, -0.1) is 23.2 Å². The van der Waals surface area contributed by atoms with E-state index < -0.39 is 47.7 Å². The van der Waals surface area contributed by atoms with E-state index in [1.165, 1.54) is 0 Å². The molecule has 0 atom stereocenters. The Bertz CT molecular complexity index is 339. The molecule has 0 bridgehead atoms. The Labute approximate surface area is 129 Å². The summed E-state index contributed by atoms with van der Waals surface area (Å²) >= 11 is 8.83. The fraction of sp³-hybridized carbons (Fsp3) is 1.00. The summed E-state index contributed by atoms with van der Waals surface area (Å²) in [6, 6.07) is 0. The van der Waals surface area contributed by atoms with Crippen molar-refractivity contribution >= 4 is 23.2 Å². The average molecular weight is 415 g/mol. The van der Waals surface area contributed by atoms with Crippen LogP contribution in [-0.2, 0) is 4.74 Å². The highest BCUT2D eigenvalue weighted by Gasteiger charge is 2.81. The Morgan fingerprint density at radius 1 is 0.478 bits per heavy atom. The average Bonchev–Trinajstić information content (AvgIpc) is 2.23. The van der Waals surface area contributed by atoms with Gasteiger partial charge in [-0.25, -0.2) is 0 Å². The second-order valence-corrected chi connectivity index (χ2v) is 4.55. The molecule has 0 aliphatic rings. The lowest BCUT2D eigenvalue weighted by Crippen LogP contribution is -2.71. The molecule has 0 aromatic heterocycles. The van der Waals surface area contributed by atoms with Gasteiger partial charge in [0.25, 0.3) is 11.2 Å². The van der Waals surface area contributed by atoms with Gasteiger partial charge in [0.15, 0.2) is 0 Å². The van der Waals surface area contributed by atoms with Gasteiger partial charge < -0.3 is 4.74 Å². The lowest BCUT2D eigenvalue weighted by atomic mass is 9.99. The molecule has 0 radical (unpaired) electrons. The summed E-state index contributed by atoms with van der Waals surface area (Å²) in [5.41, 5.74) is -11.9. The van der Waals surface area contributed by atoms with E-state index in [0.29, 0.717) is 0 Å². The number of hydrogen-bond acceptors (Lipinski definition) is 1. The van der Waals surface area contributed by atoms with E-state index >= 15 is 0 Å². The van der Waals surface area contributed by atoms with Crippen LogP contribution in [0.15, 0.2) is 0 Å². The van der Waals surface area contributed by atoms with Gasteiger partial charge in [0.1, 0.15) is 0 Å². The highest BCUT2D eigenvalue weighted by Crippen LogP contribution is 2.55. The topological polar surface area (TPSA) is 9.23 Å². The van der Waals surface area contributed by atoms with Crippen molar-refractivity contribution in [2.45, 2.75) is 35.9 Å². The summed E-state index contributed by atoms with van der Waals surface area (Å²) < 4.78 is 154. The number of hydrogen-bond donors (Lipinski definition) is 0. The van der Waals surface area contributed by atoms with Crippen molar-refractivity contribution in [2.75, 3.05) is 11.8 Å². The van der Waals surface area contributed by atoms with E-state index in [-0.39, 0.29) is 0 Å². The van der Waals surface area contributed by atoms with E-state index in [4.69, 9.17) is 0 Å². The van der Waals surface area contributed by atoms with Crippen LogP contribution in [0.4, 0.5) is 52.7 Å². The fourth-order valence-corrected chi connectivity index (χ4v) is 1.92. The van der Waals surface area contributed by atoms with Crippen LogP contribution in [0.1, 0.15) is 0 Å². The first-order valence-electron chi connectivity index (χ1n) is 4.92. The first-order chi connectivity index (χ1) is 9.83. The Kier molecular flexibility index (Phi) is 6.13. The maximum Gasteiger partial charge on any atom is 0.427 e. The zero-order valence-electron chi connectivity index (χ0n) is 10.1. The van der Waals surface area contributed by atoms with E-state index in [2.05, 4.69) is 27.9 Å². The van der Waals surface area contributed by atoms with Crippen LogP contribution in [0.5, 0.6) is 0 Å². The van der Waals surface area contributed by atoms with Crippen molar-refractivity contribution < 1.29 is 57.4 Å². The fourth-order valence-electron chi connectivity index (χ4n) is 1.21. The van der Waals surface area contributed by atoms with Gasteiger partial charge in [0.05, 0.1) is 11.8 Å². The Morgan fingerprint density at radius 2 is 0.652 bits per heavy atom. The summed E-state index contributed by atoms with van der Waals surface area (Å²) in [6.07, 6.45) is -27.0. The van der Waals surface area contributed by atoms with Crippen LogP contribution < -0.4 is 0 Å². The molecule has 0 aliphatic heterocycles. The molecule has 0 saturated heterocycles. The highest BCUT2D eigenvalue weighted by molar-refractivity contribution is 6.19.